The first-order valence-corrected chi connectivity index (χ1v) is 9.13. The largest absolute Gasteiger partial charge is 0.345 e. The van der Waals surface area contributed by atoms with Crippen LogP contribution < -0.4 is 5.32 Å². The number of amides is 3. The molecule has 3 rings (SSSR count). The molecule has 25 heavy (non-hydrogen) atoms. The van der Waals surface area contributed by atoms with E-state index in [1.165, 1.54) is 0 Å². The predicted molar refractivity (Wildman–Crippen MR) is 92.3 cm³/mol. The summed E-state index contributed by atoms with van der Waals surface area (Å²) >= 11 is 0. The highest BCUT2D eigenvalue weighted by Crippen LogP contribution is 2.21. The van der Waals surface area contributed by atoms with E-state index in [-0.39, 0.29) is 17.9 Å². The molecule has 0 aromatic heterocycles. The summed E-state index contributed by atoms with van der Waals surface area (Å²) < 4.78 is 0. The van der Waals surface area contributed by atoms with Crippen LogP contribution in [0.15, 0.2) is 0 Å². The molecule has 1 saturated carbocycles. The number of likely N-dealkylation sites (tertiary alicyclic amines) is 1. The van der Waals surface area contributed by atoms with Gasteiger partial charge in [-0.1, -0.05) is 5.92 Å². The van der Waals surface area contributed by atoms with Crippen molar-refractivity contribution in [1.82, 2.24) is 20.0 Å². The lowest BCUT2D eigenvalue weighted by Gasteiger charge is -2.38. The zero-order chi connectivity index (χ0) is 17.8. The van der Waals surface area contributed by atoms with E-state index in [1.807, 2.05) is 4.90 Å². The molecule has 0 unspecified atom stereocenters. The average molecular weight is 346 g/mol. The Morgan fingerprint density at radius 1 is 0.920 bits per heavy atom. The van der Waals surface area contributed by atoms with E-state index < -0.39 is 11.8 Å². The number of carbonyl (C=O) groups excluding carboxylic acids is 3. The monoisotopic (exact) mass is 346 g/mol. The van der Waals surface area contributed by atoms with Crippen molar-refractivity contribution in [2.24, 2.45) is 5.92 Å². The Morgan fingerprint density at radius 3 is 2.08 bits per heavy atom. The first-order valence-electron chi connectivity index (χ1n) is 9.13. The molecule has 0 atom stereocenters. The number of piperazine rings is 1. The van der Waals surface area contributed by atoms with Crippen molar-refractivity contribution in [3.63, 3.8) is 0 Å². The van der Waals surface area contributed by atoms with E-state index in [4.69, 9.17) is 6.42 Å². The highest BCUT2D eigenvalue weighted by Gasteiger charge is 2.33. The van der Waals surface area contributed by atoms with E-state index in [9.17, 15) is 14.4 Å². The molecular weight excluding hydrogens is 320 g/mol. The molecule has 3 aliphatic rings. The van der Waals surface area contributed by atoms with Gasteiger partial charge in [0.25, 0.3) is 0 Å². The maximum Gasteiger partial charge on any atom is 0.312 e. The van der Waals surface area contributed by atoms with Gasteiger partial charge in [0, 0.05) is 38.1 Å². The predicted octanol–water partition coefficient (Wildman–Crippen LogP) is -0.719. The second kappa shape index (κ2) is 7.87. The Hall–Kier alpha value is -2.07. The Balaban J connectivity index is 1.42. The average Bonchev–Trinajstić information content (AvgIpc) is 3.45. The minimum absolute atomic E-state index is 0.0504. The van der Waals surface area contributed by atoms with Gasteiger partial charge in [-0.3, -0.25) is 19.3 Å². The van der Waals surface area contributed by atoms with E-state index in [0.29, 0.717) is 32.7 Å². The van der Waals surface area contributed by atoms with Gasteiger partial charge in [-0.25, -0.2) is 0 Å². The van der Waals surface area contributed by atoms with Crippen LogP contribution in [0.2, 0.25) is 0 Å². The highest BCUT2D eigenvalue weighted by atomic mass is 16.2. The zero-order valence-corrected chi connectivity index (χ0v) is 14.6. The Bertz CT molecular complexity index is 565. The van der Waals surface area contributed by atoms with Crippen LogP contribution in [0, 0.1) is 18.3 Å². The molecule has 0 spiro atoms. The molecule has 3 fully saturated rings. The van der Waals surface area contributed by atoms with Crippen molar-refractivity contribution in [3.05, 3.63) is 0 Å². The molecule has 2 aliphatic heterocycles. The Labute approximate surface area is 148 Å². The summed E-state index contributed by atoms with van der Waals surface area (Å²) in [5, 5.41) is 2.72. The van der Waals surface area contributed by atoms with Crippen LogP contribution >= 0.6 is 0 Å². The van der Waals surface area contributed by atoms with Crippen LogP contribution in [0.1, 0.15) is 25.7 Å². The maximum atomic E-state index is 12.7. The highest BCUT2D eigenvalue weighted by molar-refractivity contribution is 6.35. The van der Waals surface area contributed by atoms with Crippen molar-refractivity contribution in [1.29, 1.82) is 0 Å². The first-order chi connectivity index (χ1) is 12.1. The van der Waals surface area contributed by atoms with Gasteiger partial charge in [0.05, 0.1) is 6.54 Å². The van der Waals surface area contributed by atoms with Crippen molar-refractivity contribution in [3.8, 4) is 12.3 Å². The summed E-state index contributed by atoms with van der Waals surface area (Å²) in [6, 6.07) is 0.180. The topological polar surface area (TPSA) is 73.0 Å². The van der Waals surface area contributed by atoms with Crippen LogP contribution in [-0.4, -0.2) is 84.3 Å². The van der Waals surface area contributed by atoms with Gasteiger partial charge in [-0.2, -0.15) is 0 Å². The second-order valence-electron chi connectivity index (χ2n) is 7.12. The fourth-order valence-corrected chi connectivity index (χ4v) is 3.47. The Morgan fingerprint density at radius 2 is 1.52 bits per heavy atom. The normalized spacial score (nSPS) is 22.4. The molecule has 0 aromatic carbocycles. The number of hydrogen-bond acceptors (Lipinski definition) is 4. The van der Waals surface area contributed by atoms with Gasteiger partial charge in [0.15, 0.2) is 0 Å². The van der Waals surface area contributed by atoms with Gasteiger partial charge in [-0.05, 0) is 38.8 Å². The quantitative estimate of drug-likeness (QED) is 0.541. The van der Waals surface area contributed by atoms with E-state index in [1.54, 1.807) is 4.90 Å². The minimum atomic E-state index is -0.511. The molecule has 0 bridgehead atoms. The van der Waals surface area contributed by atoms with Gasteiger partial charge in [0.2, 0.25) is 5.91 Å². The summed E-state index contributed by atoms with van der Waals surface area (Å²) in [6.07, 6.45) is 8.92. The van der Waals surface area contributed by atoms with Crippen LogP contribution in [-0.2, 0) is 14.4 Å². The van der Waals surface area contributed by atoms with E-state index in [0.717, 1.165) is 38.8 Å². The van der Waals surface area contributed by atoms with Crippen molar-refractivity contribution >= 4 is 17.7 Å². The lowest BCUT2D eigenvalue weighted by atomic mass is 9.95. The second-order valence-corrected chi connectivity index (χ2v) is 7.12. The van der Waals surface area contributed by atoms with Gasteiger partial charge in [0.1, 0.15) is 0 Å². The Kier molecular flexibility index (Phi) is 5.59. The van der Waals surface area contributed by atoms with Crippen LogP contribution in [0.3, 0.4) is 0 Å². The summed E-state index contributed by atoms with van der Waals surface area (Å²) in [5.41, 5.74) is 0. The molecule has 7 heteroatoms. The molecule has 0 radical (unpaired) electrons. The first kappa shape index (κ1) is 17.7. The molecule has 3 amide bonds. The van der Waals surface area contributed by atoms with Crippen LogP contribution in [0.25, 0.3) is 0 Å². The number of piperidine rings is 1. The number of nitrogens with one attached hydrogen (secondary N) is 1. The molecule has 2 heterocycles. The summed E-state index contributed by atoms with van der Waals surface area (Å²) in [4.78, 5) is 42.2. The van der Waals surface area contributed by atoms with E-state index >= 15 is 0 Å². The van der Waals surface area contributed by atoms with Crippen LogP contribution in [0.5, 0.6) is 0 Å². The third-order valence-electron chi connectivity index (χ3n) is 5.24. The SMILES string of the molecule is C#CCN1CCC(C(=O)N2CCN(C(=O)C(=O)NC3CC3)CC2)CC1. The lowest BCUT2D eigenvalue weighted by molar-refractivity contribution is -0.149. The van der Waals surface area contributed by atoms with E-state index in [2.05, 4.69) is 16.1 Å². The summed E-state index contributed by atoms with van der Waals surface area (Å²) in [5.74, 6) is 1.89. The molecule has 2 saturated heterocycles. The fourth-order valence-electron chi connectivity index (χ4n) is 3.47. The molecule has 7 nitrogen and oxygen atoms in total. The summed E-state index contributed by atoms with van der Waals surface area (Å²) in [7, 11) is 0. The molecule has 1 N–H and O–H groups in total. The van der Waals surface area contributed by atoms with Gasteiger partial charge in [-0.15, -0.1) is 6.42 Å². The van der Waals surface area contributed by atoms with Gasteiger partial charge >= 0.3 is 11.8 Å². The molecule has 0 aromatic rings. The van der Waals surface area contributed by atoms with Crippen molar-refractivity contribution in [2.45, 2.75) is 31.7 Å². The smallest absolute Gasteiger partial charge is 0.312 e. The molecule has 1 aliphatic carbocycles. The standard InChI is InChI=1S/C18H26N4O3/c1-2-7-20-8-5-14(6-9-20)17(24)21-10-12-22(13-11-21)18(25)16(23)19-15-3-4-15/h1,14-15H,3-13H2,(H,19,23). The lowest BCUT2D eigenvalue weighted by Crippen LogP contribution is -2.55. The molecular formula is C18H26N4O3. The molecule has 136 valence electrons. The maximum absolute atomic E-state index is 12.7. The number of nitrogens with zero attached hydrogens (tertiary/aromatic N) is 3. The van der Waals surface area contributed by atoms with Crippen molar-refractivity contribution in [2.75, 3.05) is 45.8 Å². The third kappa shape index (κ3) is 4.51. The fraction of sp³-hybridized carbons (Fsp3) is 0.722. The number of rotatable bonds is 3. The number of terminal acetylenes is 1. The summed E-state index contributed by atoms with van der Waals surface area (Å²) in [6.45, 7) is 4.24. The van der Waals surface area contributed by atoms with Crippen LogP contribution in [0.4, 0.5) is 0 Å². The zero-order valence-electron chi connectivity index (χ0n) is 14.6. The van der Waals surface area contributed by atoms with Gasteiger partial charge < -0.3 is 15.1 Å². The van der Waals surface area contributed by atoms with Crippen molar-refractivity contribution < 1.29 is 14.4 Å². The number of carbonyl (C=O) groups is 3. The third-order valence-corrected chi connectivity index (χ3v) is 5.24. The minimum Gasteiger partial charge on any atom is -0.345 e. The number of hydrogen-bond donors (Lipinski definition) is 1.